The highest BCUT2D eigenvalue weighted by atomic mass is 32.2. The first-order valence-corrected chi connectivity index (χ1v) is 13.3. The minimum atomic E-state index is -5.58. The Kier molecular flexibility index (Phi) is 8.25. The number of fused-ring (bicyclic) bond motifs is 2. The Morgan fingerprint density at radius 1 is 0.968 bits per heavy atom. The Bertz CT molecular complexity index is 898. The third-order valence-electron chi connectivity index (χ3n) is 6.55. The van der Waals surface area contributed by atoms with Crippen molar-refractivity contribution in [2.24, 2.45) is 35.0 Å². The van der Waals surface area contributed by atoms with Crippen LogP contribution in [0.15, 0.2) is 0 Å². The van der Waals surface area contributed by atoms with Crippen LogP contribution in [0.25, 0.3) is 0 Å². The van der Waals surface area contributed by atoms with Gasteiger partial charge in [-0.05, 0) is 42.9 Å². The van der Waals surface area contributed by atoms with E-state index in [4.69, 9.17) is 0 Å². The van der Waals surface area contributed by atoms with Crippen LogP contribution in [0, 0.1) is 35.0 Å². The fraction of sp³-hybridized carbons (Fsp3) is 0.889. The number of carbonyl (C=O) groups is 2. The molecule has 2 N–H and O–H groups in total. The zero-order valence-corrected chi connectivity index (χ0v) is 20.0. The van der Waals surface area contributed by atoms with Gasteiger partial charge in [-0.15, -0.1) is 0 Å². The zero-order valence-electron chi connectivity index (χ0n) is 18.4. The van der Waals surface area contributed by atoms with E-state index in [0.29, 0.717) is 24.7 Å². The molecule has 2 aliphatic rings. The summed E-state index contributed by atoms with van der Waals surface area (Å²) in [4.78, 5) is 23.0. The maximum Gasteiger partial charge on any atom is 0.516 e. The van der Waals surface area contributed by atoms with Gasteiger partial charge >= 0.3 is 15.5 Å². The third-order valence-corrected chi connectivity index (χ3v) is 8.19. The lowest BCUT2D eigenvalue weighted by atomic mass is 9.75. The molecule has 0 radical (unpaired) electrons. The molecule has 0 aromatic heterocycles. The molecule has 2 saturated carbocycles. The van der Waals surface area contributed by atoms with Crippen molar-refractivity contribution in [2.75, 3.05) is 6.26 Å². The van der Waals surface area contributed by atoms with Crippen LogP contribution < -0.4 is 9.44 Å². The maximum absolute atomic E-state index is 12.2. The molecule has 0 aromatic rings. The first-order valence-electron chi connectivity index (χ1n) is 9.88. The Morgan fingerprint density at radius 3 is 1.84 bits per heavy atom. The van der Waals surface area contributed by atoms with Gasteiger partial charge in [0.25, 0.3) is 0 Å². The molecule has 2 fully saturated rings. The number of carbonyl (C=O) groups excluding carboxylic acids is 2. The largest absolute Gasteiger partial charge is 0.516 e. The molecular formula is C18H31F3N2O6S2. The molecular weight excluding hydrogens is 461 g/mol. The molecule has 0 spiro atoms. The third kappa shape index (κ3) is 6.80. The van der Waals surface area contributed by atoms with Gasteiger partial charge in [0.05, 0.1) is 6.26 Å². The van der Waals surface area contributed by atoms with E-state index in [1.54, 1.807) is 13.8 Å². The summed E-state index contributed by atoms with van der Waals surface area (Å²) < 4.78 is 82.9. The number of sulfonamides is 2. The van der Waals surface area contributed by atoms with Crippen molar-refractivity contribution in [1.82, 2.24) is 9.44 Å². The summed E-state index contributed by atoms with van der Waals surface area (Å²) in [6.45, 7) is 9.27. The molecule has 5 unspecified atom stereocenters. The summed E-state index contributed by atoms with van der Waals surface area (Å²) in [6, 6.07) is 0. The summed E-state index contributed by atoms with van der Waals surface area (Å²) in [5.74, 6) is -1.10. The number of alkyl halides is 3. The number of hydrogen-bond acceptors (Lipinski definition) is 6. The zero-order chi connectivity index (χ0) is 24.6. The van der Waals surface area contributed by atoms with Crippen LogP contribution in [0.1, 0.15) is 53.9 Å². The summed E-state index contributed by atoms with van der Waals surface area (Å²) >= 11 is 0. The van der Waals surface area contributed by atoms with Gasteiger partial charge in [-0.25, -0.2) is 13.1 Å². The Balaban J connectivity index is 0.000000348. The number of hydrogen-bond donors (Lipinski definition) is 2. The van der Waals surface area contributed by atoms with Gasteiger partial charge in [0.15, 0.2) is 0 Å². The van der Waals surface area contributed by atoms with Gasteiger partial charge in [-0.3, -0.25) is 14.3 Å². The van der Waals surface area contributed by atoms with Crippen LogP contribution in [-0.4, -0.2) is 40.4 Å². The van der Waals surface area contributed by atoms with Gasteiger partial charge in [0.1, 0.15) is 0 Å². The number of nitrogens with one attached hydrogen (secondary N) is 2. The second-order valence-electron chi connectivity index (χ2n) is 9.08. The molecule has 2 aliphatic carbocycles. The topological polar surface area (TPSA) is 126 Å². The number of amides is 2. The molecule has 0 heterocycles. The summed E-state index contributed by atoms with van der Waals surface area (Å²) in [5.41, 5.74) is -6.07. The molecule has 8 nitrogen and oxygen atoms in total. The minimum Gasteiger partial charge on any atom is -0.274 e. The van der Waals surface area contributed by atoms with E-state index in [9.17, 15) is 39.6 Å². The van der Waals surface area contributed by atoms with Gasteiger partial charge in [-0.2, -0.15) is 21.6 Å². The highest BCUT2D eigenvalue weighted by Crippen LogP contribution is 2.55. The smallest absolute Gasteiger partial charge is 0.274 e. The van der Waals surface area contributed by atoms with Crippen molar-refractivity contribution < 1.29 is 39.6 Å². The summed E-state index contributed by atoms with van der Waals surface area (Å²) in [5, 5.41) is 0. The molecule has 31 heavy (non-hydrogen) atoms. The predicted octanol–water partition coefficient (Wildman–Crippen LogP) is 2.38. The Hall–Kier alpha value is -1.37. The van der Waals surface area contributed by atoms with Gasteiger partial charge in [0.2, 0.25) is 21.8 Å². The van der Waals surface area contributed by atoms with Crippen LogP contribution >= 0.6 is 0 Å². The van der Waals surface area contributed by atoms with Crippen molar-refractivity contribution in [3.05, 3.63) is 0 Å². The van der Waals surface area contributed by atoms with E-state index in [-0.39, 0.29) is 11.8 Å². The number of halogens is 3. The lowest BCUT2D eigenvalue weighted by molar-refractivity contribution is -0.127. The summed E-state index contributed by atoms with van der Waals surface area (Å²) in [7, 11) is -9.00. The van der Waals surface area contributed by atoms with Gasteiger partial charge < -0.3 is 0 Å². The molecule has 2 bridgehead atoms. The summed E-state index contributed by atoms with van der Waals surface area (Å²) in [6.07, 6.45) is 2.85. The average molecular weight is 493 g/mol. The van der Waals surface area contributed by atoms with Crippen molar-refractivity contribution in [3.63, 3.8) is 0 Å². The molecule has 0 aromatic carbocycles. The van der Waals surface area contributed by atoms with Gasteiger partial charge in [0, 0.05) is 11.3 Å². The molecule has 0 saturated heterocycles. The Labute approximate surface area is 181 Å². The lowest BCUT2D eigenvalue weighted by Gasteiger charge is -2.30. The maximum atomic E-state index is 12.2. The highest BCUT2D eigenvalue weighted by molar-refractivity contribution is 7.90. The number of rotatable bonds is 5. The standard InChI is InChI=1S/C11H16F3NO3S.C7H15NO3S/c1-5-6(2)8-3-7(5)4-9(8)10(16)15-19(17,18)11(12,13)14;1-5-7(2,3)6(9)8-12(4,10)11/h5-9H,3-4H2,1-2H3,(H,15,16);5H2,1-4H3,(H,8,9). The van der Waals surface area contributed by atoms with E-state index in [1.807, 2.05) is 18.6 Å². The van der Waals surface area contributed by atoms with Crippen LogP contribution in [-0.2, 0) is 29.6 Å². The van der Waals surface area contributed by atoms with Crippen LogP contribution in [0.5, 0.6) is 0 Å². The van der Waals surface area contributed by atoms with E-state index < -0.39 is 48.7 Å². The van der Waals surface area contributed by atoms with E-state index in [2.05, 4.69) is 6.92 Å². The normalized spacial score (nSPS) is 28.5. The molecule has 182 valence electrons. The lowest BCUT2D eigenvalue weighted by Crippen LogP contribution is -2.45. The Morgan fingerprint density at radius 2 is 1.48 bits per heavy atom. The van der Waals surface area contributed by atoms with Crippen molar-refractivity contribution in [3.8, 4) is 0 Å². The van der Waals surface area contributed by atoms with E-state index >= 15 is 0 Å². The van der Waals surface area contributed by atoms with Crippen molar-refractivity contribution in [2.45, 2.75) is 59.4 Å². The second-order valence-corrected chi connectivity index (χ2v) is 12.5. The molecule has 13 heteroatoms. The fourth-order valence-electron chi connectivity index (χ4n) is 3.98. The minimum absolute atomic E-state index is 0.0107. The predicted molar refractivity (Wildman–Crippen MR) is 108 cm³/mol. The molecule has 0 aliphatic heterocycles. The van der Waals surface area contributed by atoms with Crippen molar-refractivity contribution in [1.29, 1.82) is 0 Å². The molecule has 5 atom stereocenters. The first kappa shape index (κ1) is 27.7. The second kappa shape index (κ2) is 9.24. The fourth-order valence-corrected chi connectivity index (χ4v) is 5.12. The average Bonchev–Trinajstić information content (AvgIpc) is 3.13. The first-order chi connectivity index (χ1) is 13.7. The molecule has 2 amide bonds. The van der Waals surface area contributed by atoms with Crippen LogP contribution in [0.2, 0.25) is 0 Å². The van der Waals surface area contributed by atoms with E-state index in [1.165, 1.54) is 4.72 Å². The highest BCUT2D eigenvalue weighted by Gasteiger charge is 2.53. The van der Waals surface area contributed by atoms with Gasteiger partial charge in [-0.1, -0.05) is 34.6 Å². The SMILES string of the molecule is CC1C2CC(C(=O)NS(=O)(=O)C(F)(F)F)C(C2)C1C.CCC(C)(C)C(=O)NS(C)(=O)=O. The van der Waals surface area contributed by atoms with E-state index in [0.717, 1.165) is 12.7 Å². The monoisotopic (exact) mass is 492 g/mol. The van der Waals surface area contributed by atoms with Crippen molar-refractivity contribution >= 4 is 31.9 Å². The quantitative estimate of drug-likeness (QED) is 0.607. The molecule has 2 rings (SSSR count). The van der Waals surface area contributed by atoms with Crippen LogP contribution in [0.4, 0.5) is 13.2 Å². The van der Waals surface area contributed by atoms with Crippen LogP contribution in [0.3, 0.4) is 0 Å².